The molecule has 0 bridgehead atoms. The zero-order valence-electron chi connectivity index (χ0n) is 9.96. The zero-order chi connectivity index (χ0) is 12.5. The van der Waals surface area contributed by atoms with Crippen LogP contribution in [0.15, 0.2) is 24.3 Å². The average Bonchev–Trinajstić information content (AvgIpc) is 2.57. The van der Waals surface area contributed by atoms with Crippen LogP contribution in [0.3, 0.4) is 0 Å². The molecule has 2 amide bonds. The standard InChI is InChI=1S/C13H14N2O2S/c16-12-10-4-1-2-5-11(10)13(17)15(12)8-9-18-14-6-3-7-14/h1-2,4-5H,3,6-9H2. The smallest absolute Gasteiger partial charge is 0.261 e. The number of hydrogen-bond acceptors (Lipinski definition) is 4. The molecule has 18 heavy (non-hydrogen) atoms. The molecule has 4 nitrogen and oxygen atoms in total. The molecule has 0 aliphatic carbocycles. The van der Waals surface area contributed by atoms with Crippen LogP contribution in [-0.2, 0) is 0 Å². The quantitative estimate of drug-likeness (QED) is 0.611. The van der Waals surface area contributed by atoms with Crippen molar-refractivity contribution in [3.8, 4) is 0 Å². The van der Waals surface area contributed by atoms with Crippen molar-refractivity contribution in [3.63, 3.8) is 0 Å². The number of benzene rings is 1. The molecule has 5 heteroatoms. The number of carbonyl (C=O) groups is 2. The molecule has 0 unspecified atom stereocenters. The van der Waals surface area contributed by atoms with Crippen molar-refractivity contribution in [1.82, 2.24) is 9.21 Å². The van der Waals surface area contributed by atoms with Gasteiger partial charge in [-0.25, -0.2) is 0 Å². The Balaban J connectivity index is 1.64. The normalized spacial score (nSPS) is 19.0. The van der Waals surface area contributed by atoms with Gasteiger partial charge >= 0.3 is 0 Å². The molecule has 1 aromatic rings. The maximum Gasteiger partial charge on any atom is 0.261 e. The summed E-state index contributed by atoms with van der Waals surface area (Å²) in [5, 5.41) is 0. The predicted molar refractivity (Wildman–Crippen MR) is 70.5 cm³/mol. The van der Waals surface area contributed by atoms with Crippen LogP contribution in [-0.4, -0.2) is 46.4 Å². The third kappa shape index (κ3) is 1.93. The molecule has 0 N–H and O–H groups in total. The lowest BCUT2D eigenvalue weighted by molar-refractivity contribution is 0.0664. The maximum absolute atomic E-state index is 12.0. The van der Waals surface area contributed by atoms with Gasteiger partial charge in [0, 0.05) is 25.4 Å². The summed E-state index contributed by atoms with van der Waals surface area (Å²) in [5.41, 5.74) is 1.08. The molecule has 2 aliphatic rings. The van der Waals surface area contributed by atoms with Gasteiger partial charge < -0.3 is 0 Å². The van der Waals surface area contributed by atoms with Gasteiger partial charge in [0.15, 0.2) is 0 Å². The molecule has 2 aliphatic heterocycles. The Bertz CT molecular complexity index is 465. The predicted octanol–water partition coefficient (Wildman–Crippen LogP) is 1.64. The second-order valence-corrected chi connectivity index (χ2v) is 5.61. The molecule has 2 heterocycles. The highest BCUT2D eigenvalue weighted by Gasteiger charge is 2.34. The van der Waals surface area contributed by atoms with Gasteiger partial charge in [-0.1, -0.05) is 24.1 Å². The topological polar surface area (TPSA) is 40.6 Å². The van der Waals surface area contributed by atoms with Gasteiger partial charge in [0.05, 0.1) is 11.1 Å². The Morgan fingerprint density at radius 1 is 1.06 bits per heavy atom. The highest BCUT2D eigenvalue weighted by atomic mass is 32.2. The second-order valence-electron chi connectivity index (χ2n) is 4.42. The molecule has 1 aromatic carbocycles. The van der Waals surface area contributed by atoms with Crippen molar-refractivity contribution in [2.75, 3.05) is 25.4 Å². The van der Waals surface area contributed by atoms with Crippen LogP contribution in [0.25, 0.3) is 0 Å². The van der Waals surface area contributed by atoms with Crippen LogP contribution < -0.4 is 0 Å². The van der Waals surface area contributed by atoms with E-state index in [2.05, 4.69) is 4.31 Å². The molecular weight excluding hydrogens is 248 g/mol. The molecule has 0 saturated carbocycles. The van der Waals surface area contributed by atoms with Crippen molar-refractivity contribution >= 4 is 23.8 Å². The number of amides is 2. The van der Waals surface area contributed by atoms with Crippen LogP contribution >= 0.6 is 11.9 Å². The molecule has 0 spiro atoms. The van der Waals surface area contributed by atoms with E-state index in [9.17, 15) is 9.59 Å². The first kappa shape index (κ1) is 11.7. The Labute approximate surface area is 110 Å². The molecule has 3 rings (SSSR count). The van der Waals surface area contributed by atoms with E-state index in [1.54, 1.807) is 36.2 Å². The SMILES string of the molecule is O=C1c2ccccc2C(=O)N1CCSN1CCC1. The number of fused-ring (bicyclic) bond motifs is 1. The van der Waals surface area contributed by atoms with Crippen molar-refractivity contribution < 1.29 is 9.59 Å². The minimum atomic E-state index is -0.153. The van der Waals surface area contributed by atoms with Gasteiger partial charge in [0.1, 0.15) is 0 Å². The second kappa shape index (κ2) is 4.74. The van der Waals surface area contributed by atoms with Crippen molar-refractivity contribution in [2.24, 2.45) is 0 Å². The number of hydrogen-bond donors (Lipinski definition) is 0. The zero-order valence-corrected chi connectivity index (χ0v) is 10.8. The van der Waals surface area contributed by atoms with E-state index < -0.39 is 0 Å². The fourth-order valence-electron chi connectivity index (χ4n) is 2.12. The Morgan fingerprint density at radius 2 is 1.67 bits per heavy atom. The molecule has 1 fully saturated rings. The van der Waals surface area contributed by atoms with Gasteiger partial charge in [0.25, 0.3) is 11.8 Å². The summed E-state index contributed by atoms with van der Waals surface area (Å²) < 4.78 is 2.26. The lowest BCUT2D eigenvalue weighted by Gasteiger charge is -2.29. The molecular formula is C13H14N2O2S. The molecule has 0 radical (unpaired) electrons. The lowest BCUT2D eigenvalue weighted by Crippen LogP contribution is -2.35. The molecule has 1 saturated heterocycles. The van der Waals surface area contributed by atoms with Crippen LogP contribution in [0.1, 0.15) is 27.1 Å². The average molecular weight is 262 g/mol. The van der Waals surface area contributed by atoms with Crippen LogP contribution in [0.2, 0.25) is 0 Å². The van der Waals surface area contributed by atoms with E-state index in [4.69, 9.17) is 0 Å². The van der Waals surface area contributed by atoms with E-state index in [1.807, 2.05) is 0 Å². The van der Waals surface area contributed by atoms with Crippen LogP contribution in [0.4, 0.5) is 0 Å². The van der Waals surface area contributed by atoms with E-state index in [1.165, 1.54) is 11.3 Å². The highest BCUT2D eigenvalue weighted by molar-refractivity contribution is 7.97. The number of carbonyl (C=O) groups excluding carboxylic acids is 2. The van der Waals surface area contributed by atoms with Crippen molar-refractivity contribution in [2.45, 2.75) is 6.42 Å². The van der Waals surface area contributed by atoms with Gasteiger partial charge in [-0.15, -0.1) is 0 Å². The number of rotatable bonds is 4. The van der Waals surface area contributed by atoms with Crippen molar-refractivity contribution in [1.29, 1.82) is 0 Å². The molecule has 0 aromatic heterocycles. The number of nitrogens with zero attached hydrogens (tertiary/aromatic N) is 2. The summed E-state index contributed by atoms with van der Waals surface area (Å²) in [5.74, 6) is 0.477. The summed E-state index contributed by atoms with van der Waals surface area (Å²) in [4.78, 5) is 25.5. The summed E-state index contributed by atoms with van der Waals surface area (Å²) in [6, 6.07) is 7.03. The first-order valence-electron chi connectivity index (χ1n) is 6.10. The fraction of sp³-hybridized carbons (Fsp3) is 0.385. The third-order valence-corrected chi connectivity index (χ3v) is 4.38. The highest BCUT2D eigenvalue weighted by Crippen LogP contribution is 2.24. The largest absolute Gasteiger partial charge is 0.273 e. The Hall–Kier alpha value is -1.33. The summed E-state index contributed by atoms with van der Waals surface area (Å²) >= 11 is 1.72. The first-order chi connectivity index (χ1) is 8.77. The van der Waals surface area contributed by atoms with Crippen LogP contribution in [0, 0.1) is 0 Å². The first-order valence-corrected chi connectivity index (χ1v) is 7.05. The molecule has 94 valence electrons. The van der Waals surface area contributed by atoms with E-state index >= 15 is 0 Å². The summed E-state index contributed by atoms with van der Waals surface area (Å²) in [6.45, 7) is 2.73. The Morgan fingerprint density at radius 3 is 2.17 bits per heavy atom. The Kier molecular flexibility index (Phi) is 3.09. The van der Waals surface area contributed by atoms with E-state index in [0.717, 1.165) is 18.8 Å². The van der Waals surface area contributed by atoms with Crippen LogP contribution in [0.5, 0.6) is 0 Å². The number of imide groups is 1. The lowest BCUT2D eigenvalue weighted by atomic mass is 10.1. The maximum atomic E-state index is 12.0. The van der Waals surface area contributed by atoms with E-state index in [-0.39, 0.29) is 11.8 Å². The minimum Gasteiger partial charge on any atom is -0.273 e. The fourth-order valence-corrected chi connectivity index (χ4v) is 3.16. The van der Waals surface area contributed by atoms with Gasteiger partial charge in [-0.2, -0.15) is 0 Å². The van der Waals surface area contributed by atoms with Gasteiger partial charge in [-0.05, 0) is 18.6 Å². The van der Waals surface area contributed by atoms with Gasteiger partial charge in [-0.3, -0.25) is 18.8 Å². The van der Waals surface area contributed by atoms with E-state index in [0.29, 0.717) is 17.7 Å². The minimum absolute atomic E-state index is 0.153. The summed E-state index contributed by atoms with van der Waals surface area (Å²) in [6.07, 6.45) is 1.25. The van der Waals surface area contributed by atoms with Crippen molar-refractivity contribution in [3.05, 3.63) is 35.4 Å². The molecule has 0 atom stereocenters. The summed E-state index contributed by atoms with van der Waals surface area (Å²) in [7, 11) is 0. The van der Waals surface area contributed by atoms with Gasteiger partial charge in [0.2, 0.25) is 0 Å². The third-order valence-electron chi connectivity index (χ3n) is 3.28. The monoisotopic (exact) mass is 262 g/mol.